The van der Waals surface area contributed by atoms with Crippen molar-refractivity contribution in [1.29, 1.82) is 0 Å². The van der Waals surface area contributed by atoms with E-state index in [-0.39, 0.29) is 6.04 Å². The van der Waals surface area contributed by atoms with Crippen molar-refractivity contribution in [2.24, 2.45) is 5.92 Å². The molecule has 0 radical (unpaired) electrons. The summed E-state index contributed by atoms with van der Waals surface area (Å²) in [4.78, 5) is 0. The van der Waals surface area contributed by atoms with Gasteiger partial charge in [-0.15, -0.1) is 0 Å². The Hall–Kier alpha value is -0.0800. The van der Waals surface area contributed by atoms with Gasteiger partial charge in [-0.1, -0.05) is 19.8 Å². The summed E-state index contributed by atoms with van der Waals surface area (Å²) in [6.45, 7) is 8.13. The zero-order valence-corrected chi connectivity index (χ0v) is 10.0. The van der Waals surface area contributed by atoms with Crippen LogP contribution in [0.25, 0.3) is 0 Å². The molecular formula is C12H25NO. The van der Waals surface area contributed by atoms with E-state index in [0.29, 0.717) is 6.04 Å². The van der Waals surface area contributed by atoms with Gasteiger partial charge in [0.2, 0.25) is 0 Å². The molecule has 2 heteroatoms. The highest BCUT2D eigenvalue weighted by molar-refractivity contribution is 4.86. The third-order valence-corrected chi connectivity index (χ3v) is 3.64. The van der Waals surface area contributed by atoms with Gasteiger partial charge in [0.05, 0.1) is 5.60 Å². The smallest absolute Gasteiger partial charge is 0.0741 e. The predicted octanol–water partition coefficient (Wildman–Crippen LogP) is 2.31. The topological polar surface area (TPSA) is 32.3 Å². The Morgan fingerprint density at radius 2 is 1.86 bits per heavy atom. The largest absolute Gasteiger partial charge is 0.389 e. The van der Waals surface area contributed by atoms with Crippen molar-refractivity contribution >= 4 is 0 Å². The van der Waals surface area contributed by atoms with Gasteiger partial charge in [-0.2, -0.15) is 0 Å². The van der Waals surface area contributed by atoms with Crippen molar-refractivity contribution < 1.29 is 5.11 Å². The normalized spacial score (nSPS) is 31.5. The molecule has 84 valence electrons. The van der Waals surface area contributed by atoms with Crippen LogP contribution in [0, 0.1) is 5.92 Å². The summed E-state index contributed by atoms with van der Waals surface area (Å²) < 4.78 is 0. The lowest BCUT2D eigenvalue weighted by molar-refractivity contribution is 0.0342. The predicted molar refractivity (Wildman–Crippen MR) is 60.3 cm³/mol. The van der Waals surface area contributed by atoms with E-state index in [0.717, 1.165) is 5.92 Å². The quantitative estimate of drug-likeness (QED) is 0.731. The first kappa shape index (κ1) is 12.0. The maximum atomic E-state index is 9.84. The Morgan fingerprint density at radius 3 is 2.36 bits per heavy atom. The number of hydrogen-bond acceptors (Lipinski definition) is 2. The van der Waals surface area contributed by atoms with Crippen LogP contribution in [-0.4, -0.2) is 22.8 Å². The monoisotopic (exact) mass is 199 g/mol. The third-order valence-electron chi connectivity index (χ3n) is 3.64. The Kier molecular flexibility index (Phi) is 3.96. The van der Waals surface area contributed by atoms with Gasteiger partial charge >= 0.3 is 0 Å². The van der Waals surface area contributed by atoms with Gasteiger partial charge in [0.1, 0.15) is 0 Å². The van der Waals surface area contributed by atoms with E-state index in [1.165, 1.54) is 25.7 Å². The zero-order chi connectivity index (χ0) is 10.8. The molecule has 3 atom stereocenters. The molecule has 1 aliphatic carbocycles. The van der Waals surface area contributed by atoms with Crippen LogP contribution in [0.15, 0.2) is 0 Å². The Labute approximate surface area is 88.1 Å². The van der Waals surface area contributed by atoms with Crippen LogP contribution < -0.4 is 5.32 Å². The first-order chi connectivity index (χ1) is 6.41. The maximum absolute atomic E-state index is 9.84. The first-order valence-corrected chi connectivity index (χ1v) is 5.89. The third kappa shape index (κ3) is 3.25. The summed E-state index contributed by atoms with van der Waals surface area (Å²) in [5, 5.41) is 13.4. The fraction of sp³-hybridized carbons (Fsp3) is 1.00. The summed E-state index contributed by atoms with van der Waals surface area (Å²) in [5.74, 6) is 0.758. The molecule has 0 aliphatic heterocycles. The van der Waals surface area contributed by atoms with Crippen molar-refractivity contribution in [2.75, 3.05) is 0 Å². The van der Waals surface area contributed by atoms with Crippen molar-refractivity contribution in [3.8, 4) is 0 Å². The highest BCUT2D eigenvalue weighted by Crippen LogP contribution is 2.25. The Balaban J connectivity index is 2.42. The van der Waals surface area contributed by atoms with Crippen LogP contribution in [0.1, 0.15) is 53.4 Å². The molecular weight excluding hydrogens is 174 g/mol. The van der Waals surface area contributed by atoms with E-state index in [1.54, 1.807) is 0 Å². The summed E-state index contributed by atoms with van der Waals surface area (Å²) >= 11 is 0. The minimum atomic E-state index is -0.614. The van der Waals surface area contributed by atoms with Crippen LogP contribution in [-0.2, 0) is 0 Å². The summed E-state index contributed by atoms with van der Waals surface area (Å²) in [6, 6.07) is 0.776. The van der Waals surface area contributed by atoms with E-state index in [9.17, 15) is 5.11 Å². The van der Waals surface area contributed by atoms with Gasteiger partial charge in [0.15, 0.2) is 0 Å². The van der Waals surface area contributed by atoms with Gasteiger partial charge in [-0.05, 0) is 39.5 Å². The van der Waals surface area contributed by atoms with Crippen molar-refractivity contribution in [1.82, 2.24) is 5.32 Å². The molecule has 0 bridgehead atoms. The molecule has 2 N–H and O–H groups in total. The molecule has 2 nitrogen and oxygen atoms in total. The summed E-state index contributed by atoms with van der Waals surface area (Å²) in [6.07, 6.45) is 5.30. The molecule has 1 fully saturated rings. The number of aliphatic hydroxyl groups is 1. The highest BCUT2D eigenvalue weighted by atomic mass is 16.3. The van der Waals surface area contributed by atoms with E-state index in [2.05, 4.69) is 19.2 Å². The molecule has 0 spiro atoms. The lowest BCUT2D eigenvalue weighted by atomic mass is 9.84. The van der Waals surface area contributed by atoms with Crippen molar-refractivity contribution in [3.05, 3.63) is 0 Å². The van der Waals surface area contributed by atoms with Gasteiger partial charge in [0, 0.05) is 12.1 Å². The Bertz CT molecular complexity index is 174. The molecule has 0 amide bonds. The van der Waals surface area contributed by atoms with E-state index < -0.39 is 5.60 Å². The molecule has 3 unspecified atom stereocenters. The molecule has 1 saturated carbocycles. The van der Waals surface area contributed by atoms with E-state index in [4.69, 9.17) is 0 Å². The van der Waals surface area contributed by atoms with Crippen LogP contribution >= 0.6 is 0 Å². The SMILES string of the molecule is CC1CCCCC1NC(C)C(C)(C)O. The number of nitrogens with one attached hydrogen (secondary N) is 1. The fourth-order valence-electron chi connectivity index (χ4n) is 2.09. The van der Waals surface area contributed by atoms with Gasteiger partial charge in [-0.25, -0.2) is 0 Å². The molecule has 1 rings (SSSR count). The number of hydrogen-bond donors (Lipinski definition) is 2. The van der Waals surface area contributed by atoms with Gasteiger partial charge in [0.25, 0.3) is 0 Å². The minimum Gasteiger partial charge on any atom is -0.389 e. The van der Waals surface area contributed by atoms with Crippen LogP contribution in [0.5, 0.6) is 0 Å². The number of rotatable bonds is 3. The fourth-order valence-corrected chi connectivity index (χ4v) is 2.09. The molecule has 0 saturated heterocycles. The van der Waals surface area contributed by atoms with Crippen molar-refractivity contribution in [2.45, 2.75) is 71.1 Å². The average molecular weight is 199 g/mol. The maximum Gasteiger partial charge on any atom is 0.0741 e. The van der Waals surface area contributed by atoms with E-state index >= 15 is 0 Å². The van der Waals surface area contributed by atoms with Crippen molar-refractivity contribution in [3.63, 3.8) is 0 Å². The second-order valence-corrected chi connectivity index (χ2v) is 5.41. The second kappa shape index (κ2) is 4.63. The molecule has 0 aromatic carbocycles. The minimum absolute atomic E-state index is 0.174. The lowest BCUT2D eigenvalue weighted by Gasteiger charge is -2.36. The molecule has 14 heavy (non-hydrogen) atoms. The van der Waals surface area contributed by atoms with E-state index in [1.807, 2.05) is 13.8 Å². The lowest BCUT2D eigenvalue weighted by Crippen LogP contribution is -2.51. The molecule has 0 aromatic heterocycles. The highest BCUT2D eigenvalue weighted by Gasteiger charge is 2.28. The zero-order valence-electron chi connectivity index (χ0n) is 10.0. The van der Waals surface area contributed by atoms with Gasteiger partial charge < -0.3 is 10.4 Å². The second-order valence-electron chi connectivity index (χ2n) is 5.41. The average Bonchev–Trinajstić information content (AvgIpc) is 2.07. The summed E-state index contributed by atoms with van der Waals surface area (Å²) in [5.41, 5.74) is -0.614. The molecule has 0 aromatic rings. The molecule has 0 heterocycles. The molecule has 1 aliphatic rings. The van der Waals surface area contributed by atoms with Crippen LogP contribution in [0.3, 0.4) is 0 Å². The summed E-state index contributed by atoms with van der Waals surface area (Å²) in [7, 11) is 0. The van der Waals surface area contributed by atoms with Crippen LogP contribution in [0.4, 0.5) is 0 Å². The Morgan fingerprint density at radius 1 is 1.29 bits per heavy atom. The van der Waals surface area contributed by atoms with Gasteiger partial charge in [-0.3, -0.25) is 0 Å². The standard InChI is InChI=1S/C12H25NO/c1-9-7-5-6-8-11(9)13-10(2)12(3,4)14/h9-11,13-14H,5-8H2,1-4H3. The first-order valence-electron chi connectivity index (χ1n) is 5.89. The van der Waals surface area contributed by atoms with Crippen LogP contribution in [0.2, 0.25) is 0 Å².